The Morgan fingerprint density at radius 2 is 2.29 bits per heavy atom. The summed E-state index contributed by atoms with van der Waals surface area (Å²) in [6.07, 6.45) is 7.61. The molecule has 0 aliphatic heterocycles. The van der Waals surface area contributed by atoms with Crippen LogP contribution in [-0.2, 0) is 9.53 Å². The molecule has 0 saturated carbocycles. The summed E-state index contributed by atoms with van der Waals surface area (Å²) >= 11 is 0. The molecule has 1 rings (SSSR count). The number of nitrogens with two attached hydrogens (primary N) is 1. The molecule has 14 heavy (non-hydrogen) atoms. The number of carbonyl (C=O) groups is 1. The molecule has 1 aliphatic carbocycles. The number of hydrogen-bond donors (Lipinski definition) is 1. The van der Waals surface area contributed by atoms with Crippen molar-refractivity contribution in [3.63, 3.8) is 0 Å². The summed E-state index contributed by atoms with van der Waals surface area (Å²) in [5, 5.41) is 0. The number of carbonyl (C=O) groups excluding carboxylic acids is 1. The molecule has 0 heterocycles. The van der Waals surface area contributed by atoms with E-state index in [4.69, 9.17) is 10.5 Å². The highest BCUT2D eigenvalue weighted by atomic mass is 16.5. The monoisotopic (exact) mass is 197 g/mol. The summed E-state index contributed by atoms with van der Waals surface area (Å²) in [7, 11) is 0. The Balaban J connectivity index is 2.30. The molecule has 0 saturated heterocycles. The lowest BCUT2D eigenvalue weighted by molar-refractivity contribution is -0.120. The molecule has 0 spiro atoms. The fourth-order valence-electron chi connectivity index (χ4n) is 1.61. The molecule has 3 nitrogen and oxygen atoms in total. The van der Waals surface area contributed by atoms with Crippen molar-refractivity contribution in [2.24, 2.45) is 5.73 Å². The maximum Gasteiger partial charge on any atom is 0.184 e. The highest BCUT2D eigenvalue weighted by molar-refractivity contribution is 5.96. The number of Topliss-reactive ketones (excluding diaryl/α,β-unsaturated/α-hetero) is 1. The minimum absolute atomic E-state index is 0.139. The standard InChI is InChI=1S/C11H19NO2/c12-7-8-14-9-11(13)10-5-3-1-2-4-6-10/h5H,1-4,6-9,12H2. The van der Waals surface area contributed by atoms with E-state index in [2.05, 4.69) is 6.08 Å². The first-order chi connectivity index (χ1) is 6.84. The van der Waals surface area contributed by atoms with Crippen LogP contribution in [0.1, 0.15) is 32.1 Å². The molecule has 0 fully saturated rings. The quantitative estimate of drug-likeness (QED) is 0.678. The zero-order chi connectivity index (χ0) is 10.2. The second-order valence-corrected chi connectivity index (χ2v) is 3.59. The van der Waals surface area contributed by atoms with Crippen LogP contribution in [0.5, 0.6) is 0 Å². The Morgan fingerprint density at radius 3 is 3.07 bits per heavy atom. The van der Waals surface area contributed by atoms with Gasteiger partial charge in [-0.2, -0.15) is 0 Å². The Hall–Kier alpha value is -0.670. The predicted molar refractivity (Wildman–Crippen MR) is 56.0 cm³/mol. The van der Waals surface area contributed by atoms with E-state index in [1.807, 2.05) is 0 Å². The molecular weight excluding hydrogens is 178 g/mol. The first-order valence-corrected chi connectivity index (χ1v) is 5.34. The first kappa shape index (κ1) is 11.4. The zero-order valence-electron chi connectivity index (χ0n) is 8.63. The lowest BCUT2D eigenvalue weighted by atomic mass is 10.1. The van der Waals surface area contributed by atoms with Crippen molar-refractivity contribution in [1.29, 1.82) is 0 Å². The van der Waals surface area contributed by atoms with Crippen LogP contribution in [0.15, 0.2) is 11.6 Å². The molecule has 0 aromatic heterocycles. The molecule has 3 heteroatoms. The summed E-state index contributed by atoms with van der Waals surface area (Å²) in [5.41, 5.74) is 6.23. The third-order valence-electron chi connectivity index (χ3n) is 2.39. The highest BCUT2D eigenvalue weighted by Crippen LogP contribution is 2.17. The van der Waals surface area contributed by atoms with Gasteiger partial charge in [0, 0.05) is 6.54 Å². The van der Waals surface area contributed by atoms with Gasteiger partial charge in [-0.05, 0) is 31.3 Å². The van der Waals surface area contributed by atoms with Crippen molar-refractivity contribution in [3.05, 3.63) is 11.6 Å². The Bertz CT molecular complexity index is 211. The molecule has 0 unspecified atom stereocenters. The molecule has 0 aromatic carbocycles. The number of rotatable bonds is 5. The Kier molecular flexibility index (Phi) is 5.49. The van der Waals surface area contributed by atoms with Gasteiger partial charge >= 0.3 is 0 Å². The fourth-order valence-corrected chi connectivity index (χ4v) is 1.61. The van der Waals surface area contributed by atoms with Crippen LogP contribution in [0, 0.1) is 0 Å². The number of hydrogen-bond acceptors (Lipinski definition) is 3. The van der Waals surface area contributed by atoms with E-state index in [1.54, 1.807) is 0 Å². The maximum absolute atomic E-state index is 11.6. The summed E-state index contributed by atoms with van der Waals surface area (Å²) in [5.74, 6) is 0.139. The minimum Gasteiger partial charge on any atom is -0.372 e. The number of ketones is 1. The molecule has 2 N–H and O–H groups in total. The van der Waals surface area contributed by atoms with E-state index in [-0.39, 0.29) is 12.4 Å². The molecule has 80 valence electrons. The molecule has 0 atom stereocenters. The van der Waals surface area contributed by atoms with E-state index in [0.717, 1.165) is 24.8 Å². The topological polar surface area (TPSA) is 52.3 Å². The Morgan fingerprint density at radius 1 is 1.43 bits per heavy atom. The zero-order valence-corrected chi connectivity index (χ0v) is 8.63. The average molecular weight is 197 g/mol. The van der Waals surface area contributed by atoms with Crippen LogP contribution >= 0.6 is 0 Å². The summed E-state index contributed by atoms with van der Waals surface area (Å²) in [6.45, 7) is 1.15. The van der Waals surface area contributed by atoms with Crippen molar-refractivity contribution in [3.8, 4) is 0 Å². The summed E-state index contributed by atoms with van der Waals surface area (Å²) < 4.78 is 5.12. The lowest BCUT2D eigenvalue weighted by Crippen LogP contribution is -2.16. The summed E-state index contributed by atoms with van der Waals surface area (Å²) in [4.78, 5) is 11.6. The van der Waals surface area contributed by atoms with Crippen LogP contribution in [0.3, 0.4) is 0 Å². The smallest absolute Gasteiger partial charge is 0.184 e. The molecule has 0 amide bonds. The van der Waals surface area contributed by atoms with Crippen molar-refractivity contribution < 1.29 is 9.53 Å². The van der Waals surface area contributed by atoms with E-state index in [1.165, 1.54) is 12.8 Å². The van der Waals surface area contributed by atoms with Crippen LogP contribution < -0.4 is 5.73 Å². The maximum atomic E-state index is 11.6. The van der Waals surface area contributed by atoms with Crippen LogP contribution in [0.2, 0.25) is 0 Å². The lowest BCUT2D eigenvalue weighted by Gasteiger charge is -2.04. The molecule has 0 aromatic rings. The summed E-state index contributed by atoms with van der Waals surface area (Å²) in [6, 6.07) is 0. The average Bonchev–Trinajstić information content (AvgIpc) is 2.46. The van der Waals surface area contributed by atoms with Gasteiger partial charge in [0.25, 0.3) is 0 Å². The van der Waals surface area contributed by atoms with Gasteiger partial charge < -0.3 is 10.5 Å². The van der Waals surface area contributed by atoms with Crippen molar-refractivity contribution in [2.45, 2.75) is 32.1 Å². The number of allylic oxidation sites excluding steroid dienone is 1. The normalized spacial score (nSPS) is 17.4. The second kappa shape index (κ2) is 6.74. The van der Waals surface area contributed by atoms with E-state index >= 15 is 0 Å². The van der Waals surface area contributed by atoms with Gasteiger partial charge in [-0.1, -0.05) is 12.5 Å². The van der Waals surface area contributed by atoms with Crippen molar-refractivity contribution >= 4 is 5.78 Å². The molecule has 0 bridgehead atoms. The van der Waals surface area contributed by atoms with E-state index in [0.29, 0.717) is 13.2 Å². The SMILES string of the molecule is NCCOCC(=O)C1=CCCCCC1. The Labute approximate surface area is 85.3 Å². The van der Waals surface area contributed by atoms with E-state index < -0.39 is 0 Å². The van der Waals surface area contributed by atoms with Crippen molar-refractivity contribution in [1.82, 2.24) is 0 Å². The van der Waals surface area contributed by atoms with E-state index in [9.17, 15) is 4.79 Å². The molecular formula is C11H19NO2. The van der Waals surface area contributed by atoms with Gasteiger partial charge in [0.2, 0.25) is 0 Å². The molecule has 1 aliphatic rings. The van der Waals surface area contributed by atoms with Gasteiger partial charge in [-0.25, -0.2) is 0 Å². The minimum atomic E-state index is 0.139. The largest absolute Gasteiger partial charge is 0.372 e. The van der Waals surface area contributed by atoms with Crippen molar-refractivity contribution in [2.75, 3.05) is 19.8 Å². The van der Waals surface area contributed by atoms with Gasteiger partial charge in [0.05, 0.1) is 6.61 Å². The van der Waals surface area contributed by atoms with Crippen LogP contribution in [0.4, 0.5) is 0 Å². The van der Waals surface area contributed by atoms with Crippen LogP contribution in [-0.4, -0.2) is 25.5 Å². The van der Waals surface area contributed by atoms with Gasteiger partial charge in [-0.15, -0.1) is 0 Å². The van der Waals surface area contributed by atoms with Gasteiger partial charge in [0.1, 0.15) is 6.61 Å². The number of ether oxygens (including phenoxy) is 1. The third kappa shape index (κ3) is 4.03. The first-order valence-electron chi connectivity index (χ1n) is 5.34. The van der Waals surface area contributed by atoms with Crippen LogP contribution in [0.25, 0.3) is 0 Å². The third-order valence-corrected chi connectivity index (χ3v) is 2.39. The highest BCUT2D eigenvalue weighted by Gasteiger charge is 2.10. The second-order valence-electron chi connectivity index (χ2n) is 3.59. The fraction of sp³-hybridized carbons (Fsp3) is 0.727. The van der Waals surface area contributed by atoms with Gasteiger partial charge in [0.15, 0.2) is 5.78 Å². The molecule has 0 radical (unpaired) electrons. The predicted octanol–water partition coefficient (Wildman–Crippen LogP) is 1.42. The van der Waals surface area contributed by atoms with Gasteiger partial charge in [-0.3, -0.25) is 4.79 Å².